The van der Waals surface area contributed by atoms with Crippen LogP contribution in [0.3, 0.4) is 0 Å². The van der Waals surface area contributed by atoms with Crippen molar-refractivity contribution in [3.63, 3.8) is 0 Å². The maximum atomic E-state index is 13.2. The second-order valence-electron chi connectivity index (χ2n) is 8.49. The number of aromatic nitrogens is 3. The quantitative estimate of drug-likeness (QED) is 0.505. The molecule has 1 saturated heterocycles. The van der Waals surface area contributed by atoms with Crippen LogP contribution in [0.5, 0.6) is 0 Å². The van der Waals surface area contributed by atoms with Gasteiger partial charge in [0.15, 0.2) is 0 Å². The average molecular weight is 467 g/mol. The van der Waals surface area contributed by atoms with E-state index in [4.69, 9.17) is 15.9 Å². The van der Waals surface area contributed by atoms with E-state index < -0.39 is 0 Å². The van der Waals surface area contributed by atoms with Crippen molar-refractivity contribution in [2.24, 2.45) is 0 Å². The van der Waals surface area contributed by atoms with Crippen LogP contribution in [0.15, 0.2) is 18.6 Å². The zero-order valence-corrected chi connectivity index (χ0v) is 19.4. The Labute approximate surface area is 195 Å². The molecule has 0 saturated carbocycles. The van der Waals surface area contributed by atoms with Gasteiger partial charge < -0.3 is 31.0 Å². The Morgan fingerprint density at radius 1 is 1.27 bits per heavy atom. The summed E-state index contributed by atoms with van der Waals surface area (Å²) in [5.41, 5.74) is 8.07. The Balaban J connectivity index is 1.41. The third-order valence-corrected chi connectivity index (χ3v) is 7.09. The Morgan fingerprint density at radius 3 is 2.82 bits per heavy atom. The highest BCUT2D eigenvalue weighted by atomic mass is 32.1. The molecule has 172 valence electrons. The van der Waals surface area contributed by atoms with Crippen molar-refractivity contribution in [2.45, 2.75) is 39.0 Å². The number of hydrogen-bond donors (Lipinski definition) is 3. The summed E-state index contributed by atoms with van der Waals surface area (Å²) < 4.78 is 5.78. The number of nitrogen functional groups attached to an aromatic ring is 1. The van der Waals surface area contributed by atoms with Gasteiger partial charge in [0.05, 0.1) is 36.0 Å². The Bertz CT molecular complexity index is 1220. The molecule has 4 N–H and O–H groups in total. The molecule has 33 heavy (non-hydrogen) atoms. The number of pyridine rings is 1. The Kier molecular flexibility index (Phi) is 5.59. The zero-order valence-electron chi connectivity index (χ0n) is 18.5. The highest BCUT2D eigenvalue weighted by molar-refractivity contribution is 7.19. The lowest BCUT2D eigenvalue weighted by atomic mass is 10.0. The predicted octanol–water partition coefficient (Wildman–Crippen LogP) is 3.00. The first-order valence-corrected chi connectivity index (χ1v) is 11.7. The van der Waals surface area contributed by atoms with Gasteiger partial charge >= 0.3 is 6.03 Å². The first-order chi connectivity index (χ1) is 15.9. The lowest BCUT2D eigenvalue weighted by Gasteiger charge is -2.39. The van der Waals surface area contributed by atoms with Gasteiger partial charge in [0.25, 0.3) is 0 Å². The topological polar surface area (TPSA) is 133 Å². The van der Waals surface area contributed by atoms with E-state index in [1.54, 1.807) is 17.4 Å². The number of ether oxygens (including phenoxy) is 1. The average Bonchev–Trinajstić information content (AvgIpc) is 3.18. The molecule has 0 spiro atoms. The van der Waals surface area contributed by atoms with Crippen LogP contribution >= 0.6 is 11.3 Å². The van der Waals surface area contributed by atoms with Crippen LogP contribution in [0.1, 0.15) is 29.9 Å². The van der Waals surface area contributed by atoms with Crippen molar-refractivity contribution in [1.82, 2.24) is 24.8 Å². The fourth-order valence-corrected chi connectivity index (χ4v) is 5.72. The normalized spacial score (nSPS) is 20.5. The molecule has 3 aromatic rings. The molecular weight excluding hydrogens is 440 g/mol. The van der Waals surface area contributed by atoms with E-state index in [0.717, 1.165) is 21.5 Å². The van der Waals surface area contributed by atoms with Crippen molar-refractivity contribution < 1.29 is 9.53 Å². The Morgan fingerprint density at radius 2 is 2.06 bits per heavy atom. The number of nitrogens with zero attached hydrogens (tertiary/aromatic N) is 5. The molecule has 0 bridgehead atoms. The van der Waals surface area contributed by atoms with Gasteiger partial charge in [-0.1, -0.05) is 0 Å². The third kappa shape index (κ3) is 4.09. The molecule has 2 atom stereocenters. The molecule has 2 aliphatic heterocycles. The van der Waals surface area contributed by atoms with E-state index in [9.17, 15) is 4.79 Å². The van der Waals surface area contributed by atoms with Gasteiger partial charge in [0.1, 0.15) is 22.8 Å². The van der Waals surface area contributed by atoms with E-state index in [1.807, 2.05) is 23.6 Å². The number of nitrogens with one attached hydrogen (secondary N) is 2. The zero-order chi connectivity index (χ0) is 23.1. The van der Waals surface area contributed by atoms with Crippen LogP contribution in [0.25, 0.3) is 10.2 Å². The van der Waals surface area contributed by atoms with Crippen LogP contribution in [0, 0.1) is 5.41 Å². The van der Waals surface area contributed by atoms with Gasteiger partial charge in [-0.15, -0.1) is 11.3 Å². The number of hydrogen-bond acceptors (Lipinski definition) is 9. The highest BCUT2D eigenvalue weighted by Crippen LogP contribution is 2.38. The lowest BCUT2D eigenvalue weighted by molar-refractivity contribution is -0.0585. The van der Waals surface area contributed by atoms with Crippen molar-refractivity contribution >= 4 is 51.1 Å². The van der Waals surface area contributed by atoms with Gasteiger partial charge in [-0.25, -0.2) is 19.7 Å². The number of thiophene rings is 1. The monoisotopic (exact) mass is 466 g/mol. The van der Waals surface area contributed by atoms with E-state index in [2.05, 4.69) is 20.3 Å². The summed E-state index contributed by atoms with van der Waals surface area (Å²) in [6, 6.07) is 1.79. The summed E-state index contributed by atoms with van der Waals surface area (Å²) in [5.74, 6) is 1.23. The number of anilines is 3. The molecule has 2 aliphatic rings. The van der Waals surface area contributed by atoms with Crippen molar-refractivity contribution in [1.29, 1.82) is 5.41 Å². The molecule has 2 amide bonds. The minimum absolute atomic E-state index is 0.0430. The molecule has 3 aromatic heterocycles. The lowest BCUT2D eigenvalue weighted by Crippen LogP contribution is -2.53. The van der Waals surface area contributed by atoms with Crippen LogP contribution < -0.4 is 11.1 Å². The molecular formula is C22H26N8O2S. The number of amides is 2. The number of urea groups is 1. The van der Waals surface area contributed by atoms with Crippen LogP contribution in [0.4, 0.5) is 22.1 Å². The summed E-state index contributed by atoms with van der Waals surface area (Å²) in [4.78, 5) is 32.3. The minimum Gasteiger partial charge on any atom is -0.397 e. The predicted molar refractivity (Wildman–Crippen MR) is 128 cm³/mol. The van der Waals surface area contributed by atoms with Gasteiger partial charge in [-0.05, 0) is 31.9 Å². The standard InChI is InChI=1S/C22H26N8O2S/c1-12-8-30(9-13(2)32-12)22(31)29-4-3-15-17(10-29)33-21-19(15)20(26-11-27-21)28-18-5-14(6-23)16(24)7-25-18/h5-7,11-13,23H,3-4,8-10,24H2,1-2H3,(H,25,26,27,28). The largest absolute Gasteiger partial charge is 0.397 e. The molecule has 5 heterocycles. The van der Waals surface area contributed by atoms with Crippen molar-refractivity contribution in [3.05, 3.63) is 34.6 Å². The molecule has 11 heteroatoms. The third-order valence-electron chi connectivity index (χ3n) is 5.97. The molecule has 2 unspecified atom stereocenters. The maximum Gasteiger partial charge on any atom is 0.320 e. The summed E-state index contributed by atoms with van der Waals surface area (Å²) in [6.45, 7) is 6.45. The molecule has 1 fully saturated rings. The SMILES string of the molecule is CC1CN(C(=O)N2CCc3c(sc4ncnc(Nc5cc(C=N)c(N)cn5)c34)C2)CC(C)O1. The molecule has 5 rings (SSSR count). The van der Waals surface area contributed by atoms with E-state index in [1.165, 1.54) is 24.3 Å². The second-order valence-corrected chi connectivity index (χ2v) is 9.57. The molecule has 0 aromatic carbocycles. The number of rotatable bonds is 3. The Hall–Kier alpha value is -3.31. The van der Waals surface area contributed by atoms with Crippen LogP contribution in [-0.4, -0.2) is 68.8 Å². The van der Waals surface area contributed by atoms with Crippen LogP contribution in [0.2, 0.25) is 0 Å². The first kappa shape index (κ1) is 21.5. The summed E-state index contributed by atoms with van der Waals surface area (Å²) in [5, 5.41) is 11.7. The summed E-state index contributed by atoms with van der Waals surface area (Å²) in [6.07, 6.45) is 5.08. The smallest absolute Gasteiger partial charge is 0.320 e. The van der Waals surface area contributed by atoms with Crippen molar-refractivity contribution in [2.75, 3.05) is 30.7 Å². The van der Waals surface area contributed by atoms with Gasteiger partial charge in [-0.2, -0.15) is 0 Å². The van der Waals surface area contributed by atoms with Gasteiger partial charge in [-0.3, -0.25) is 0 Å². The van der Waals surface area contributed by atoms with Crippen molar-refractivity contribution in [3.8, 4) is 0 Å². The molecule has 10 nitrogen and oxygen atoms in total. The first-order valence-electron chi connectivity index (χ1n) is 10.9. The number of morpholine rings is 1. The van der Waals surface area contributed by atoms with E-state index in [-0.39, 0.29) is 18.2 Å². The van der Waals surface area contributed by atoms with Gasteiger partial charge in [0, 0.05) is 36.3 Å². The van der Waals surface area contributed by atoms with Gasteiger partial charge in [0.2, 0.25) is 0 Å². The van der Waals surface area contributed by atoms with E-state index in [0.29, 0.717) is 49.1 Å². The number of carbonyl (C=O) groups excluding carboxylic acids is 1. The van der Waals surface area contributed by atoms with E-state index >= 15 is 0 Å². The second kappa shape index (κ2) is 8.56. The molecule has 0 aliphatic carbocycles. The minimum atomic E-state index is 0.0430. The molecule has 0 radical (unpaired) electrons. The number of nitrogens with two attached hydrogens (primary N) is 1. The number of carbonyl (C=O) groups is 1. The maximum absolute atomic E-state index is 13.2. The van der Waals surface area contributed by atoms with Crippen LogP contribution in [-0.2, 0) is 17.7 Å². The number of fused-ring (bicyclic) bond motifs is 3. The fourth-order valence-electron chi connectivity index (χ4n) is 4.52. The summed E-state index contributed by atoms with van der Waals surface area (Å²) >= 11 is 1.60. The summed E-state index contributed by atoms with van der Waals surface area (Å²) in [7, 11) is 0. The fraction of sp³-hybridized carbons (Fsp3) is 0.409. The highest BCUT2D eigenvalue weighted by Gasteiger charge is 2.32.